The van der Waals surface area contributed by atoms with Crippen LogP contribution in [-0.2, 0) is 11.2 Å². The van der Waals surface area contributed by atoms with Gasteiger partial charge in [-0.15, -0.1) is 0 Å². The third kappa shape index (κ3) is 3.95. The zero-order valence-electron chi connectivity index (χ0n) is 12.8. The molecular formula is C19H22N2O. The standard InChI is InChI=1S/C19H22N2O/c1-2-6-18(7-3-1)19(21-13-15-22-16-14-21)8-4-5-17-9-11-20-12-10-17/h1-3,6-12H,4-5,13-16H2/b19-8+. The molecule has 1 aromatic carbocycles. The van der Waals surface area contributed by atoms with Crippen LogP contribution in [0.15, 0.2) is 60.9 Å². The van der Waals surface area contributed by atoms with E-state index in [1.165, 1.54) is 16.8 Å². The van der Waals surface area contributed by atoms with Crippen LogP contribution >= 0.6 is 0 Å². The molecule has 0 aliphatic carbocycles. The van der Waals surface area contributed by atoms with Crippen LogP contribution in [0.2, 0.25) is 0 Å². The van der Waals surface area contributed by atoms with Gasteiger partial charge in [-0.25, -0.2) is 0 Å². The van der Waals surface area contributed by atoms with Crippen LogP contribution < -0.4 is 0 Å². The van der Waals surface area contributed by atoms with E-state index in [4.69, 9.17) is 4.74 Å². The quantitative estimate of drug-likeness (QED) is 0.845. The van der Waals surface area contributed by atoms with Crippen LogP contribution in [0, 0.1) is 0 Å². The summed E-state index contributed by atoms with van der Waals surface area (Å²) >= 11 is 0. The van der Waals surface area contributed by atoms with Crippen molar-refractivity contribution in [1.29, 1.82) is 0 Å². The molecule has 0 saturated carbocycles. The zero-order chi connectivity index (χ0) is 15.0. The first-order valence-electron chi connectivity index (χ1n) is 7.90. The van der Waals surface area contributed by atoms with Crippen LogP contribution in [0.3, 0.4) is 0 Å². The Labute approximate surface area is 132 Å². The minimum atomic E-state index is 0.814. The highest BCUT2D eigenvalue weighted by Gasteiger charge is 2.14. The number of hydrogen-bond acceptors (Lipinski definition) is 3. The van der Waals surface area contributed by atoms with Crippen LogP contribution in [0.5, 0.6) is 0 Å². The molecule has 0 N–H and O–H groups in total. The van der Waals surface area contributed by atoms with Crippen LogP contribution in [0.25, 0.3) is 5.70 Å². The van der Waals surface area contributed by atoms with Gasteiger partial charge in [0.25, 0.3) is 0 Å². The van der Waals surface area contributed by atoms with Crippen molar-refractivity contribution >= 4 is 5.70 Å². The number of morpholine rings is 1. The highest BCUT2D eigenvalue weighted by atomic mass is 16.5. The Kier molecular flexibility index (Phi) is 5.22. The molecule has 3 nitrogen and oxygen atoms in total. The molecule has 0 radical (unpaired) electrons. The number of benzene rings is 1. The Morgan fingerprint density at radius 3 is 2.50 bits per heavy atom. The molecule has 3 rings (SSSR count). The molecule has 114 valence electrons. The number of rotatable bonds is 5. The maximum Gasteiger partial charge on any atom is 0.0642 e. The molecule has 1 aliphatic rings. The summed E-state index contributed by atoms with van der Waals surface area (Å²) in [6.07, 6.45) is 8.16. The number of pyridine rings is 1. The first kappa shape index (κ1) is 14.8. The van der Waals surface area contributed by atoms with Crippen LogP contribution in [0.1, 0.15) is 17.5 Å². The Morgan fingerprint density at radius 1 is 1.05 bits per heavy atom. The fourth-order valence-corrected chi connectivity index (χ4v) is 2.77. The van der Waals surface area contributed by atoms with E-state index in [1.54, 1.807) is 0 Å². The van der Waals surface area contributed by atoms with Crippen molar-refractivity contribution in [2.45, 2.75) is 12.8 Å². The van der Waals surface area contributed by atoms with E-state index in [9.17, 15) is 0 Å². The average molecular weight is 294 g/mol. The van der Waals surface area contributed by atoms with Gasteiger partial charge in [-0.3, -0.25) is 4.98 Å². The zero-order valence-corrected chi connectivity index (χ0v) is 12.8. The Balaban J connectivity index is 1.74. The molecule has 0 unspecified atom stereocenters. The molecule has 1 fully saturated rings. The first-order chi connectivity index (χ1) is 10.9. The summed E-state index contributed by atoms with van der Waals surface area (Å²) in [5.74, 6) is 0. The van der Waals surface area contributed by atoms with Gasteiger partial charge in [0.1, 0.15) is 0 Å². The van der Waals surface area contributed by atoms with E-state index in [0.717, 1.165) is 39.1 Å². The monoisotopic (exact) mass is 294 g/mol. The van der Waals surface area contributed by atoms with Gasteiger partial charge in [-0.1, -0.05) is 36.4 Å². The minimum Gasteiger partial charge on any atom is -0.378 e. The van der Waals surface area contributed by atoms with Crippen LogP contribution in [-0.4, -0.2) is 36.2 Å². The lowest BCUT2D eigenvalue weighted by Gasteiger charge is -2.31. The molecule has 1 aliphatic heterocycles. The van der Waals surface area contributed by atoms with E-state index in [0.29, 0.717) is 0 Å². The van der Waals surface area contributed by atoms with Gasteiger partial charge < -0.3 is 9.64 Å². The van der Waals surface area contributed by atoms with Crippen molar-refractivity contribution in [3.63, 3.8) is 0 Å². The number of hydrogen-bond donors (Lipinski definition) is 0. The number of allylic oxidation sites excluding steroid dienone is 1. The molecule has 1 aromatic heterocycles. The molecule has 0 amide bonds. The van der Waals surface area contributed by atoms with Gasteiger partial charge in [0, 0.05) is 31.2 Å². The third-order valence-corrected chi connectivity index (χ3v) is 3.94. The maximum absolute atomic E-state index is 5.48. The van der Waals surface area contributed by atoms with Crippen LogP contribution in [0.4, 0.5) is 0 Å². The van der Waals surface area contributed by atoms with E-state index < -0.39 is 0 Å². The summed E-state index contributed by atoms with van der Waals surface area (Å²) < 4.78 is 5.48. The summed E-state index contributed by atoms with van der Waals surface area (Å²) in [5.41, 5.74) is 3.96. The normalized spacial score (nSPS) is 15.8. The largest absolute Gasteiger partial charge is 0.378 e. The molecule has 0 spiro atoms. The van der Waals surface area contributed by atoms with Crippen molar-refractivity contribution in [3.8, 4) is 0 Å². The lowest BCUT2D eigenvalue weighted by Crippen LogP contribution is -2.35. The topological polar surface area (TPSA) is 25.4 Å². The van der Waals surface area contributed by atoms with E-state index in [2.05, 4.69) is 58.4 Å². The molecular weight excluding hydrogens is 272 g/mol. The smallest absolute Gasteiger partial charge is 0.0642 e. The minimum absolute atomic E-state index is 0.814. The molecule has 1 saturated heterocycles. The lowest BCUT2D eigenvalue weighted by atomic mass is 10.1. The summed E-state index contributed by atoms with van der Waals surface area (Å²) in [7, 11) is 0. The third-order valence-electron chi connectivity index (χ3n) is 3.94. The number of aromatic nitrogens is 1. The first-order valence-corrected chi connectivity index (χ1v) is 7.90. The maximum atomic E-state index is 5.48. The van der Waals surface area contributed by atoms with Crippen molar-refractivity contribution < 1.29 is 4.74 Å². The average Bonchev–Trinajstić information content (AvgIpc) is 2.61. The van der Waals surface area contributed by atoms with Crippen molar-refractivity contribution in [2.24, 2.45) is 0 Å². The fourth-order valence-electron chi connectivity index (χ4n) is 2.77. The number of ether oxygens (including phenoxy) is 1. The van der Waals surface area contributed by atoms with Crippen molar-refractivity contribution in [2.75, 3.05) is 26.3 Å². The van der Waals surface area contributed by atoms with E-state index in [1.807, 2.05) is 12.4 Å². The van der Waals surface area contributed by atoms with E-state index in [-0.39, 0.29) is 0 Å². The van der Waals surface area contributed by atoms with Gasteiger partial charge >= 0.3 is 0 Å². The molecule has 2 heterocycles. The highest BCUT2D eigenvalue weighted by Crippen LogP contribution is 2.21. The Bertz CT molecular complexity index is 589. The fraction of sp³-hybridized carbons (Fsp3) is 0.316. The second kappa shape index (κ2) is 7.76. The van der Waals surface area contributed by atoms with Gasteiger partial charge in [-0.2, -0.15) is 0 Å². The summed E-state index contributed by atoms with van der Waals surface area (Å²) in [6.45, 7) is 3.56. The molecule has 0 bridgehead atoms. The van der Waals surface area contributed by atoms with Gasteiger partial charge in [-0.05, 0) is 36.1 Å². The van der Waals surface area contributed by atoms with Gasteiger partial charge in [0.2, 0.25) is 0 Å². The molecule has 2 aromatic rings. The number of aryl methyl sites for hydroxylation is 1. The van der Waals surface area contributed by atoms with Gasteiger partial charge in [0.15, 0.2) is 0 Å². The second-order valence-electron chi connectivity index (χ2n) is 5.45. The summed E-state index contributed by atoms with van der Waals surface area (Å²) in [6, 6.07) is 14.8. The lowest BCUT2D eigenvalue weighted by molar-refractivity contribution is 0.0639. The molecule has 3 heteroatoms. The number of nitrogens with zero attached hydrogens (tertiary/aromatic N) is 2. The summed E-state index contributed by atoms with van der Waals surface area (Å²) in [5, 5.41) is 0. The molecule has 22 heavy (non-hydrogen) atoms. The SMILES string of the molecule is C(/CCc1ccncc1)=C(/c1ccccc1)N1CCOCC1. The second-order valence-corrected chi connectivity index (χ2v) is 5.45. The van der Waals surface area contributed by atoms with E-state index >= 15 is 0 Å². The predicted molar refractivity (Wildman–Crippen MR) is 89.4 cm³/mol. The Hall–Kier alpha value is -2.13. The van der Waals surface area contributed by atoms with Gasteiger partial charge in [0.05, 0.1) is 13.2 Å². The predicted octanol–water partition coefficient (Wildman–Crippen LogP) is 3.39. The highest BCUT2D eigenvalue weighted by molar-refractivity contribution is 5.64. The Morgan fingerprint density at radius 2 is 1.77 bits per heavy atom. The molecule has 0 atom stereocenters. The van der Waals surface area contributed by atoms with Crippen molar-refractivity contribution in [1.82, 2.24) is 9.88 Å². The van der Waals surface area contributed by atoms with Crippen molar-refractivity contribution in [3.05, 3.63) is 72.1 Å². The summed E-state index contributed by atoms with van der Waals surface area (Å²) in [4.78, 5) is 6.51.